The van der Waals surface area contributed by atoms with Crippen LogP contribution in [0.2, 0.25) is 0 Å². The number of para-hydroxylation sites is 2. The van der Waals surface area contributed by atoms with E-state index in [1.807, 2.05) is 18.2 Å². The minimum absolute atomic E-state index is 0.0974. The topological polar surface area (TPSA) is 24.4 Å². The Balaban J connectivity index is 2.49. The van der Waals surface area contributed by atoms with Gasteiger partial charge in [0.2, 0.25) is 0 Å². The Morgan fingerprint density at radius 3 is 2.79 bits per heavy atom. The minimum atomic E-state index is 0.0974. The van der Waals surface area contributed by atoms with Gasteiger partial charge < -0.3 is 5.32 Å². The molecule has 2 heteroatoms. The molecule has 1 aliphatic heterocycles. The molecule has 14 heavy (non-hydrogen) atoms. The first-order valence-electron chi connectivity index (χ1n) is 4.98. The minimum Gasteiger partial charge on any atom is -0.378 e. The zero-order chi connectivity index (χ0) is 10.2. The Bertz CT molecular complexity index is 378. The molecular formula is C12H16N2. The molecular weight excluding hydrogens is 172 g/mol. The standard InChI is InChI=1S/C12H16N2/c1-9-8-12(2,3)14-11-7-5-4-6-10(11)13-9/h4-7,14H,8H2,1-3H3. The van der Waals surface area contributed by atoms with Gasteiger partial charge in [0.25, 0.3) is 0 Å². The largest absolute Gasteiger partial charge is 0.378 e. The Hall–Kier alpha value is -1.31. The molecule has 0 saturated heterocycles. The van der Waals surface area contributed by atoms with Crippen molar-refractivity contribution >= 4 is 17.1 Å². The molecule has 1 aromatic rings. The Morgan fingerprint density at radius 2 is 2.00 bits per heavy atom. The third-order valence-electron chi connectivity index (χ3n) is 2.39. The van der Waals surface area contributed by atoms with Gasteiger partial charge in [-0.3, -0.25) is 4.99 Å². The molecule has 0 saturated carbocycles. The van der Waals surface area contributed by atoms with Gasteiger partial charge in [0, 0.05) is 17.7 Å². The first-order chi connectivity index (χ1) is 6.57. The van der Waals surface area contributed by atoms with E-state index >= 15 is 0 Å². The lowest BCUT2D eigenvalue weighted by Crippen LogP contribution is -2.31. The van der Waals surface area contributed by atoms with Gasteiger partial charge in [0.15, 0.2) is 0 Å². The normalized spacial score (nSPS) is 18.9. The molecule has 1 heterocycles. The maximum Gasteiger partial charge on any atom is 0.0860 e. The summed E-state index contributed by atoms with van der Waals surface area (Å²) in [5, 5.41) is 3.51. The van der Waals surface area contributed by atoms with Crippen molar-refractivity contribution in [3.8, 4) is 0 Å². The van der Waals surface area contributed by atoms with Gasteiger partial charge in [-0.2, -0.15) is 0 Å². The Morgan fingerprint density at radius 1 is 1.29 bits per heavy atom. The fraction of sp³-hybridized carbons (Fsp3) is 0.417. The summed E-state index contributed by atoms with van der Waals surface area (Å²) >= 11 is 0. The number of nitrogens with zero attached hydrogens (tertiary/aromatic N) is 1. The second-order valence-electron chi connectivity index (χ2n) is 4.55. The fourth-order valence-electron chi connectivity index (χ4n) is 1.97. The van der Waals surface area contributed by atoms with Crippen molar-refractivity contribution in [2.24, 2.45) is 4.99 Å². The second kappa shape index (κ2) is 3.12. The van der Waals surface area contributed by atoms with E-state index in [1.54, 1.807) is 0 Å². The summed E-state index contributed by atoms with van der Waals surface area (Å²) in [6.45, 7) is 6.49. The number of aliphatic imine (C=N–C) groups is 1. The highest BCUT2D eigenvalue weighted by Gasteiger charge is 2.22. The summed E-state index contributed by atoms with van der Waals surface area (Å²) < 4.78 is 0. The maximum atomic E-state index is 4.59. The van der Waals surface area contributed by atoms with Crippen molar-refractivity contribution in [2.45, 2.75) is 32.7 Å². The van der Waals surface area contributed by atoms with E-state index in [-0.39, 0.29) is 5.54 Å². The molecule has 0 atom stereocenters. The molecule has 0 aromatic heterocycles. The van der Waals surface area contributed by atoms with Crippen LogP contribution >= 0.6 is 0 Å². The van der Waals surface area contributed by atoms with Crippen LogP contribution < -0.4 is 5.32 Å². The molecule has 0 bridgehead atoms. The molecule has 0 fully saturated rings. The average Bonchev–Trinajstić information content (AvgIpc) is 2.16. The predicted molar refractivity (Wildman–Crippen MR) is 61.5 cm³/mol. The number of fused-ring (bicyclic) bond motifs is 1. The summed E-state index contributed by atoms with van der Waals surface area (Å²) in [7, 11) is 0. The van der Waals surface area contributed by atoms with Gasteiger partial charge in [-0.25, -0.2) is 0 Å². The van der Waals surface area contributed by atoms with E-state index in [1.165, 1.54) is 5.71 Å². The Kier molecular flexibility index (Phi) is 2.06. The van der Waals surface area contributed by atoms with Crippen molar-refractivity contribution in [2.75, 3.05) is 5.32 Å². The summed E-state index contributed by atoms with van der Waals surface area (Å²) in [6, 6.07) is 8.19. The molecule has 0 aliphatic carbocycles. The van der Waals surface area contributed by atoms with Crippen molar-refractivity contribution in [3.05, 3.63) is 24.3 Å². The van der Waals surface area contributed by atoms with E-state index in [2.05, 4.69) is 37.1 Å². The molecule has 0 radical (unpaired) electrons. The molecule has 1 aliphatic rings. The molecule has 0 unspecified atom stereocenters. The van der Waals surface area contributed by atoms with Crippen LogP contribution in [-0.2, 0) is 0 Å². The van der Waals surface area contributed by atoms with Crippen LogP contribution in [0.15, 0.2) is 29.3 Å². The predicted octanol–water partition coefficient (Wildman–Crippen LogP) is 3.37. The molecule has 0 amide bonds. The lowest BCUT2D eigenvalue weighted by Gasteiger charge is -2.25. The molecule has 2 nitrogen and oxygen atoms in total. The fourth-order valence-corrected chi connectivity index (χ4v) is 1.97. The van der Waals surface area contributed by atoms with E-state index in [4.69, 9.17) is 0 Å². The molecule has 1 aromatic carbocycles. The van der Waals surface area contributed by atoms with Gasteiger partial charge in [0.1, 0.15) is 0 Å². The molecule has 2 rings (SSSR count). The average molecular weight is 188 g/mol. The van der Waals surface area contributed by atoms with Crippen molar-refractivity contribution in [1.82, 2.24) is 0 Å². The second-order valence-corrected chi connectivity index (χ2v) is 4.55. The number of nitrogens with one attached hydrogen (secondary N) is 1. The number of benzene rings is 1. The zero-order valence-electron chi connectivity index (χ0n) is 8.96. The third-order valence-corrected chi connectivity index (χ3v) is 2.39. The summed E-state index contributed by atoms with van der Waals surface area (Å²) in [5.74, 6) is 0. The smallest absolute Gasteiger partial charge is 0.0860 e. The highest BCUT2D eigenvalue weighted by Crippen LogP contribution is 2.31. The van der Waals surface area contributed by atoms with Crippen LogP contribution in [0.3, 0.4) is 0 Å². The molecule has 74 valence electrons. The Labute approximate surface area is 85.1 Å². The highest BCUT2D eigenvalue weighted by molar-refractivity contribution is 5.89. The van der Waals surface area contributed by atoms with Crippen molar-refractivity contribution in [3.63, 3.8) is 0 Å². The van der Waals surface area contributed by atoms with Gasteiger partial charge in [-0.15, -0.1) is 0 Å². The highest BCUT2D eigenvalue weighted by atomic mass is 15.0. The van der Waals surface area contributed by atoms with Crippen LogP contribution in [0.4, 0.5) is 11.4 Å². The summed E-state index contributed by atoms with van der Waals surface area (Å²) in [6.07, 6.45) is 0.988. The molecule has 1 N–H and O–H groups in total. The van der Waals surface area contributed by atoms with Crippen LogP contribution in [0.1, 0.15) is 27.2 Å². The number of hydrogen-bond donors (Lipinski definition) is 1. The van der Waals surface area contributed by atoms with Gasteiger partial charge >= 0.3 is 0 Å². The zero-order valence-corrected chi connectivity index (χ0v) is 8.96. The first kappa shape index (κ1) is 9.25. The van der Waals surface area contributed by atoms with E-state index < -0.39 is 0 Å². The van der Waals surface area contributed by atoms with E-state index in [0.29, 0.717) is 0 Å². The quantitative estimate of drug-likeness (QED) is 0.663. The van der Waals surface area contributed by atoms with Crippen molar-refractivity contribution in [1.29, 1.82) is 0 Å². The lowest BCUT2D eigenvalue weighted by molar-refractivity contribution is 0.595. The number of hydrogen-bond acceptors (Lipinski definition) is 2. The SMILES string of the molecule is CC1=Nc2ccccc2NC(C)(C)C1. The number of anilines is 1. The molecule has 0 spiro atoms. The van der Waals surface area contributed by atoms with Gasteiger partial charge in [0.05, 0.1) is 11.4 Å². The van der Waals surface area contributed by atoms with E-state index in [0.717, 1.165) is 17.8 Å². The van der Waals surface area contributed by atoms with Crippen LogP contribution in [0, 0.1) is 0 Å². The monoisotopic (exact) mass is 188 g/mol. The van der Waals surface area contributed by atoms with Crippen LogP contribution in [0.25, 0.3) is 0 Å². The lowest BCUT2D eigenvalue weighted by atomic mass is 9.98. The van der Waals surface area contributed by atoms with Gasteiger partial charge in [-0.1, -0.05) is 12.1 Å². The van der Waals surface area contributed by atoms with Crippen LogP contribution in [0.5, 0.6) is 0 Å². The maximum absolute atomic E-state index is 4.59. The van der Waals surface area contributed by atoms with E-state index in [9.17, 15) is 0 Å². The number of rotatable bonds is 0. The summed E-state index contributed by atoms with van der Waals surface area (Å²) in [4.78, 5) is 4.59. The summed E-state index contributed by atoms with van der Waals surface area (Å²) in [5.41, 5.74) is 3.47. The first-order valence-corrected chi connectivity index (χ1v) is 4.98. The van der Waals surface area contributed by atoms with Crippen molar-refractivity contribution < 1.29 is 0 Å². The van der Waals surface area contributed by atoms with Gasteiger partial charge in [-0.05, 0) is 32.9 Å². The van der Waals surface area contributed by atoms with Crippen LogP contribution in [-0.4, -0.2) is 11.3 Å². The third kappa shape index (κ3) is 1.79.